The number of nitrogens with zero attached hydrogens (tertiary/aromatic N) is 1. The Bertz CT molecular complexity index is 1610. The van der Waals surface area contributed by atoms with Crippen molar-refractivity contribution in [2.75, 3.05) is 19.6 Å². The van der Waals surface area contributed by atoms with Gasteiger partial charge in [-0.25, -0.2) is 8.78 Å². The average molecular weight is 700 g/mol. The molecule has 1 heterocycles. The van der Waals surface area contributed by atoms with Gasteiger partial charge in [0.05, 0.1) is 29.2 Å². The molecule has 0 bridgehead atoms. The molecule has 0 saturated carbocycles. The van der Waals surface area contributed by atoms with Crippen LogP contribution in [0.5, 0.6) is 0 Å². The number of halogens is 2. The molecule has 0 spiro atoms. The van der Waals surface area contributed by atoms with Gasteiger partial charge in [-0.15, -0.1) is 0 Å². The molecule has 4 atom stereocenters. The molecule has 0 aliphatic carbocycles. The lowest BCUT2D eigenvalue weighted by atomic mass is 9.92. The number of aryl methyl sites for hydroxylation is 1. The van der Waals surface area contributed by atoms with Crippen molar-refractivity contribution in [3.63, 3.8) is 0 Å². The van der Waals surface area contributed by atoms with E-state index in [0.717, 1.165) is 47.7 Å². The van der Waals surface area contributed by atoms with Crippen LogP contribution in [-0.2, 0) is 12.2 Å². The minimum atomic E-state index is -3.00. The fourth-order valence-electron chi connectivity index (χ4n) is 6.48. The van der Waals surface area contributed by atoms with Gasteiger partial charge < -0.3 is 20.6 Å². The molecule has 49 heavy (non-hydrogen) atoms. The largest absolute Gasteiger partial charge is 0.390 e. The van der Waals surface area contributed by atoms with Crippen molar-refractivity contribution in [2.45, 2.75) is 95.9 Å². The molecular weight excluding hydrogens is 648 g/mol. The van der Waals surface area contributed by atoms with Crippen LogP contribution in [0.1, 0.15) is 108 Å². The number of hydrogen-bond acceptors (Lipinski definition) is 6. The van der Waals surface area contributed by atoms with E-state index in [1.807, 2.05) is 26.0 Å². The number of benzene rings is 3. The Morgan fingerprint density at radius 2 is 1.59 bits per heavy atom. The van der Waals surface area contributed by atoms with E-state index >= 15 is 0 Å². The lowest BCUT2D eigenvalue weighted by Gasteiger charge is -2.47. The third-order valence-corrected chi connectivity index (χ3v) is 11.4. The number of carbonyl (C=O) groups excluding carboxylic acids is 2. The lowest BCUT2D eigenvalue weighted by molar-refractivity contribution is 0.0755. The van der Waals surface area contributed by atoms with Crippen molar-refractivity contribution >= 4 is 22.4 Å². The average Bonchev–Trinajstić information content (AvgIpc) is 3.03. The van der Waals surface area contributed by atoms with Crippen LogP contribution in [-0.4, -0.2) is 68.0 Å². The van der Waals surface area contributed by atoms with E-state index in [9.17, 15) is 32.6 Å². The maximum absolute atomic E-state index is 14.2. The molecular formula is C38H51F2N3O5S. The normalized spacial score (nSPS) is 18.8. The van der Waals surface area contributed by atoms with Crippen LogP contribution in [0, 0.1) is 18.6 Å². The summed E-state index contributed by atoms with van der Waals surface area (Å²) in [6.45, 7) is 12.8. The highest BCUT2D eigenvalue weighted by atomic mass is 32.3. The highest BCUT2D eigenvalue weighted by Crippen LogP contribution is 2.56. The number of rotatable bonds is 14. The highest BCUT2D eigenvalue weighted by molar-refractivity contribution is 8.24. The maximum atomic E-state index is 14.2. The van der Waals surface area contributed by atoms with Crippen molar-refractivity contribution in [1.82, 2.24) is 15.5 Å². The zero-order chi connectivity index (χ0) is 36.0. The minimum Gasteiger partial charge on any atom is -0.390 e. The number of carbonyl (C=O) groups is 2. The van der Waals surface area contributed by atoms with Crippen molar-refractivity contribution in [1.29, 1.82) is 0 Å². The first-order chi connectivity index (χ1) is 23.1. The third-order valence-electron chi connectivity index (χ3n) is 9.17. The van der Waals surface area contributed by atoms with Crippen LogP contribution >= 0.6 is 10.6 Å². The van der Waals surface area contributed by atoms with Crippen LogP contribution in [0.3, 0.4) is 0 Å². The smallest absolute Gasteiger partial charge is 0.253 e. The molecule has 268 valence electrons. The van der Waals surface area contributed by atoms with Crippen LogP contribution in [0.2, 0.25) is 0 Å². The summed E-state index contributed by atoms with van der Waals surface area (Å²) in [6.07, 6.45) is 0.244. The third kappa shape index (κ3) is 9.67. The van der Waals surface area contributed by atoms with Gasteiger partial charge in [-0.1, -0.05) is 45.9 Å². The fraction of sp³-hybridized carbons (Fsp3) is 0.474. The summed E-state index contributed by atoms with van der Waals surface area (Å²) in [4.78, 5) is 28.9. The molecule has 5 N–H and O–H groups in total. The fourth-order valence-corrected chi connectivity index (χ4v) is 8.15. The van der Waals surface area contributed by atoms with Gasteiger partial charge in [0.2, 0.25) is 0 Å². The Morgan fingerprint density at radius 3 is 2.20 bits per heavy atom. The van der Waals surface area contributed by atoms with E-state index in [2.05, 4.69) is 30.5 Å². The summed E-state index contributed by atoms with van der Waals surface area (Å²) in [5.74, 6) is -1.90. The molecule has 1 aliphatic rings. The molecule has 8 nitrogen and oxygen atoms in total. The number of aliphatic hydroxyl groups excluding tert-OH is 1. The molecule has 3 aromatic carbocycles. The Balaban J connectivity index is 1.62. The minimum absolute atomic E-state index is 0.0703. The molecule has 11 heteroatoms. The summed E-state index contributed by atoms with van der Waals surface area (Å²) in [5.41, 5.74) is 4.37. The van der Waals surface area contributed by atoms with E-state index in [4.69, 9.17) is 0 Å². The Morgan fingerprint density at radius 1 is 0.959 bits per heavy atom. The maximum Gasteiger partial charge on any atom is 0.253 e. The van der Waals surface area contributed by atoms with Crippen molar-refractivity contribution in [2.24, 2.45) is 0 Å². The molecule has 3 aromatic rings. The summed E-state index contributed by atoms with van der Waals surface area (Å²) in [6, 6.07) is 12.4. The monoisotopic (exact) mass is 699 g/mol. The number of nitrogens with one attached hydrogen (secondary N) is 2. The molecule has 0 fully saturated rings. The van der Waals surface area contributed by atoms with Crippen molar-refractivity contribution in [3.05, 3.63) is 105 Å². The summed E-state index contributed by atoms with van der Waals surface area (Å²) < 4.78 is 50.3. The van der Waals surface area contributed by atoms with Gasteiger partial charge in [-0.2, -0.15) is 10.6 Å². The highest BCUT2D eigenvalue weighted by Gasteiger charge is 2.38. The van der Waals surface area contributed by atoms with E-state index in [-0.39, 0.29) is 41.7 Å². The van der Waals surface area contributed by atoms with Gasteiger partial charge in [0.15, 0.2) is 0 Å². The van der Waals surface area contributed by atoms with Gasteiger partial charge in [-0.3, -0.25) is 18.7 Å². The van der Waals surface area contributed by atoms with Crippen LogP contribution < -0.4 is 10.6 Å². The quantitative estimate of drug-likeness (QED) is 0.120. The second kappa shape index (κ2) is 16.6. The Kier molecular flexibility index (Phi) is 13.0. The standard InChI is InChI=1S/C38H51F2N3O5S/c1-7-11-43(12-8-2)38(46)30-14-24(5)13-29(18-30)37(45)42-34(17-26-15-31(39)20-32(40)16-26)35(44)21-41-36-25(6)49(47,48)22-28-10-9-27(23(3)4)19-33(28)36/h9-10,13-16,18-20,23,25,34-36,41,44,47-48H,7-8,11-12,17,21-22H2,1-6H3,(H,42,45)/t25-,34-,35+,36+/m0/s1. The van der Waals surface area contributed by atoms with Crippen LogP contribution in [0.4, 0.5) is 8.78 Å². The first-order valence-electron chi connectivity index (χ1n) is 17.1. The summed E-state index contributed by atoms with van der Waals surface area (Å²) >= 11 is 0. The number of amides is 2. The first kappa shape index (κ1) is 38.5. The van der Waals surface area contributed by atoms with Gasteiger partial charge >= 0.3 is 0 Å². The second-order valence-corrected chi connectivity index (χ2v) is 16.0. The molecule has 0 saturated heterocycles. The number of fused-ring (bicyclic) bond motifs is 1. The summed E-state index contributed by atoms with van der Waals surface area (Å²) in [5, 5.41) is 17.2. The number of aliphatic hydroxyl groups is 1. The Labute approximate surface area is 290 Å². The van der Waals surface area contributed by atoms with Crippen molar-refractivity contribution in [3.8, 4) is 0 Å². The Hall–Kier alpha value is -3.35. The zero-order valence-corrected chi connectivity index (χ0v) is 30.1. The van der Waals surface area contributed by atoms with Crippen molar-refractivity contribution < 1.29 is 32.6 Å². The molecule has 0 radical (unpaired) electrons. The SMILES string of the molecule is CCCN(CCC)C(=O)c1cc(C)cc(C(=O)N[C@@H](Cc2cc(F)cc(F)c2)[C@H](O)CN[C@H]2c3cc(C(C)C)ccc3CS(O)(O)[C@H]2C)c1. The first-order valence-corrected chi connectivity index (χ1v) is 18.9. The van der Waals surface area contributed by atoms with Gasteiger partial charge in [0.1, 0.15) is 11.6 Å². The van der Waals surface area contributed by atoms with Crippen LogP contribution in [0.15, 0.2) is 54.6 Å². The van der Waals surface area contributed by atoms with E-state index < -0.39 is 51.6 Å². The molecule has 1 aliphatic heterocycles. The predicted octanol–water partition coefficient (Wildman–Crippen LogP) is 7.34. The topological polar surface area (TPSA) is 122 Å². The molecule has 0 unspecified atom stereocenters. The van der Waals surface area contributed by atoms with Crippen LogP contribution in [0.25, 0.3) is 0 Å². The van der Waals surface area contributed by atoms with Gasteiger partial charge in [0.25, 0.3) is 11.8 Å². The summed E-state index contributed by atoms with van der Waals surface area (Å²) in [7, 11) is -3.00. The van der Waals surface area contributed by atoms with E-state index in [0.29, 0.717) is 24.2 Å². The molecule has 0 aromatic heterocycles. The zero-order valence-electron chi connectivity index (χ0n) is 29.3. The lowest BCUT2D eigenvalue weighted by Crippen LogP contribution is -2.50. The second-order valence-electron chi connectivity index (χ2n) is 13.6. The van der Waals surface area contributed by atoms with E-state index in [1.165, 1.54) is 6.07 Å². The van der Waals surface area contributed by atoms with E-state index in [1.54, 1.807) is 30.9 Å². The van der Waals surface area contributed by atoms with Gasteiger partial charge in [-0.05, 0) is 97.2 Å². The predicted molar refractivity (Wildman–Crippen MR) is 192 cm³/mol. The molecule has 4 rings (SSSR count). The number of hydrogen-bond donors (Lipinski definition) is 5. The van der Waals surface area contributed by atoms with Gasteiger partial charge in [0, 0.05) is 36.8 Å². The molecule has 2 amide bonds.